The zero-order valence-corrected chi connectivity index (χ0v) is 14.7. The number of ether oxygens (including phenoxy) is 1. The second-order valence-corrected chi connectivity index (χ2v) is 6.52. The molecule has 2 aromatic carbocycles. The van der Waals surface area contributed by atoms with E-state index in [2.05, 4.69) is 0 Å². The van der Waals surface area contributed by atoms with Crippen molar-refractivity contribution in [2.45, 2.75) is 12.6 Å². The molecule has 0 N–H and O–H groups in total. The molecule has 0 spiro atoms. The molecule has 1 aromatic heterocycles. The van der Waals surface area contributed by atoms with Gasteiger partial charge in [0, 0.05) is 18.8 Å². The van der Waals surface area contributed by atoms with Gasteiger partial charge in [0.25, 0.3) is 5.69 Å². The third-order valence-corrected chi connectivity index (χ3v) is 4.88. The third-order valence-electron chi connectivity index (χ3n) is 4.88. The Hall–Kier alpha value is -3.19. The van der Waals surface area contributed by atoms with E-state index in [0.717, 1.165) is 5.56 Å². The summed E-state index contributed by atoms with van der Waals surface area (Å²) >= 11 is 0. The summed E-state index contributed by atoms with van der Waals surface area (Å²) in [5, 5.41) is 11.7. The number of aromatic nitrogens is 1. The standard InChI is InChI=1S/C20H19N3O4/c24-20(22-11-12-27-19(13-22)15-5-2-1-3-6-15)14-21-10-9-16-17(21)7-4-8-18(16)23(25)26/h1-10,19H,11-14H2/t19-/m0/s1. The van der Waals surface area contributed by atoms with Crippen molar-refractivity contribution in [3.05, 3.63) is 76.5 Å². The highest BCUT2D eigenvalue weighted by atomic mass is 16.6. The van der Waals surface area contributed by atoms with E-state index in [1.807, 2.05) is 30.3 Å². The Morgan fingerprint density at radius 2 is 1.96 bits per heavy atom. The molecular formula is C20H19N3O4. The van der Waals surface area contributed by atoms with E-state index < -0.39 is 4.92 Å². The summed E-state index contributed by atoms with van der Waals surface area (Å²) in [6, 6.07) is 16.5. The van der Waals surface area contributed by atoms with E-state index in [1.165, 1.54) is 6.07 Å². The van der Waals surface area contributed by atoms with Crippen LogP contribution in [-0.2, 0) is 16.1 Å². The second kappa shape index (κ2) is 7.20. The van der Waals surface area contributed by atoms with Crippen molar-refractivity contribution in [1.29, 1.82) is 0 Å². The van der Waals surface area contributed by atoms with Crippen molar-refractivity contribution < 1.29 is 14.5 Å². The summed E-state index contributed by atoms with van der Waals surface area (Å²) in [5.41, 5.74) is 1.79. The average Bonchev–Trinajstić information content (AvgIpc) is 3.11. The van der Waals surface area contributed by atoms with Crippen molar-refractivity contribution in [2.75, 3.05) is 19.7 Å². The normalized spacial score (nSPS) is 17.2. The van der Waals surface area contributed by atoms with Crippen LogP contribution >= 0.6 is 0 Å². The lowest BCUT2D eigenvalue weighted by atomic mass is 10.1. The summed E-state index contributed by atoms with van der Waals surface area (Å²) in [5.74, 6) is -0.0248. The molecule has 1 amide bonds. The minimum Gasteiger partial charge on any atom is -0.370 e. The molecule has 1 saturated heterocycles. The highest BCUT2D eigenvalue weighted by molar-refractivity contribution is 5.90. The Morgan fingerprint density at radius 1 is 1.15 bits per heavy atom. The number of non-ortho nitro benzene ring substituents is 1. The van der Waals surface area contributed by atoms with Crippen LogP contribution in [0, 0.1) is 10.1 Å². The molecule has 4 rings (SSSR count). The van der Waals surface area contributed by atoms with Gasteiger partial charge in [-0.15, -0.1) is 0 Å². The minimum atomic E-state index is -0.402. The number of rotatable bonds is 4. The average molecular weight is 365 g/mol. The molecule has 138 valence electrons. The van der Waals surface area contributed by atoms with Gasteiger partial charge < -0.3 is 14.2 Å². The lowest BCUT2D eigenvalue weighted by Gasteiger charge is -2.33. The second-order valence-electron chi connectivity index (χ2n) is 6.52. The fourth-order valence-corrected chi connectivity index (χ4v) is 3.50. The molecule has 1 aliphatic heterocycles. The Balaban J connectivity index is 1.52. The number of nitro benzene ring substituents is 1. The summed E-state index contributed by atoms with van der Waals surface area (Å²) in [7, 11) is 0. The van der Waals surface area contributed by atoms with Crippen LogP contribution in [-0.4, -0.2) is 40.0 Å². The van der Waals surface area contributed by atoms with Crippen LogP contribution in [0.3, 0.4) is 0 Å². The number of nitro groups is 1. The maximum absolute atomic E-state index is 12.8. The fraction of sp³-hybridized carbons (Fsp3) is 0.250. The molecule has 0 unspecified atom stereocenters. The van der Waals surface area contributed by atoms with E-state index in [-0.39, 0.29) is 24.2 Å². The van der Waals surface area contributed by atoms with E-state index >= 15 is 0 Å². The van der Waals surface area contributed by atoms with Crippen LogP contribution < -0.4 is 0 Å². The summed E-state index contributed by atoms with van der Waals surface area (Å²) in [6.45, 7) is 1.68. The summed E-state index contributed by atoms with van der Waals surface area (Å²) in [4.78, 5) is 25.4. The Kier molecular flexibility index (Phi) is 4.60. The van der Waals surface area contributed by atoms with Gasteiger partial charge in [0.2, 0.25) is 5.91 Å². The first-order valence-corrected chi connectivity index (χ1v) is 8.80. The Bertz CT molecular complexity index is 983. The van der Waals surface area contributed by atoms with Crippen LogP contribution in [0.15, 0.2) is 60.8 Å². The van der Waals surface area contributed by atoms with Gasteiger partial charge in [0.05, 0.1) is 29.0 Å². The Labute approximate surface area is 155 Å². The van der Waals surface area contributed by atoms with Gasteiger partial charge in [-0.1, -0.05) is 36.4 Å². The van der Waals surface area contributed by atoms with Gasteiger partial charge in [0.15, 0.2) is 0 Å². The number of hydrogen-bond acceptors (Lipinski definition) is 4. The van der Waals surface area contributed by atoms with Gasteiger partial charge in [0.1, 0.15) is 12.6 Å². The molecule has 0 saturated carbocycles. The number of amides is 1. The lowest BCUT2D eigenvalue weighted by Crippen LogP contribution is -2.43. The highest BCUT2D eigenvalue weighted by Crippen LogP contribution is 2.27. The Morgan fingerprint density at radius 3 is 2.74 bits per heavy atom. The molecule has 1 aliphatic rings. The van der Waals surface area contributed by atoms with Gasteiger partial charge in [-0.25, -0.2) is 0 Å². The number of carbonyl (C=O) groups excluding carboxylic acids is 1. The fourth-order valence-electron chi connectivity index (χ4n) is 3.50. The first-order valence-electron chi connectivity index (χ1n) is 8.80. The van der Waals surface area contributed by atoms with E-state index in [4.69, 9.17) is 4.74 Å². The molecular weight excluding hydrogens is 346 g/mol. The molecule has 7 nitrogen and oxygen atoms in total. The van der Waals surface area contributed by atoms with Crippen molar-refractivity contribution in [3.63, 3.8) is 0 Å². The highest BCUT2D eigenvalue weighted by Gasteiger charge is 2.26. The molecule has 1 fully saturated rings. The van der Waals surface area contributed by atoms with Crippen molar-refractivity contribution in [3.8, 4) is 0 Å². The predicted octanol–water partition coefficient (Wildman–Crippen LogP) is 3.15. The van der Waals surface area contributed by atoms with Crippen LogP contribution in [0.2, 0.25) is 0 Å². The summed E-state index contributed by atoms with van der Waals surface area (Å²) < 4.78 is 7.58. The topological polar surface area (TPSA) is 77.6 Å². The molecule has 3 aromatic rings. The molecule has 27 heavy (non-hydrogen) atoms. The molecule has 0 aliphatic carbocycles. The first-order chi connectivity index (χ1) is 13.1. The zero-order chi connectivity index (χ0) is 18.8. The number of hydrogen-bond donors (Lipinski definition) is 0. The molecule has 7 heteroatoms. The molecule has 0 radical (unpaired) electrons. The number of carbonyl (C=O) groups is 1. The van der Waals surface area contributed by atoms with Crippen LogP contribution in [0.1, 0.15) is 11.7 Å². The maximum Gasteiger partial charge on any atom is 0.278 e. The first kappa shape index (κ1) is 17.2. The van der Waals surface area contributed by atoms with Gasteiger partial charge >= 0.3 is 0 Å². The van der Waals surface area contributed by atoms with E-state index in [9.17, 15) is 14.9 Å². The van der Waals surface area contributed by atoms with Crippen LogP contribution in [0.4, 0.5) is 5.69 Å². The van der Waals surface area contributed by atoms with Crippen molar-refractivity contribution in [2.24, 2.45) is 0 Å². The van der Waals surface area contributed by atoms with Crippen molar-refractivity contribution >= 4 is 22.5 Å². The lowest BCUT2D eigenvalue weighted by molar-refractivity contribution is -0.383. The third kappa shape index (κ3) is 3.41. The molecule has 2 heterocycles. The molecule has 0 bridgehead atoms. The molecule has 1 atom stereocenters. The number of morpholine rings is 1. The SMILES string of the molecule is O=C(Cn1ccc2c([N+](=O)[O-])cccc21)N1CCO[C@H](c2ccccc2)C1. The van der Waals surface area contributed by atoms with Gasteiger partial charge in [-0.05, 0) is 17.7 Å². The van der Waals surface area contributed by atoms with Crippen LogP contribution in [0.5, 0.6) is 0 Å². The monoisotopic (exact) mass is 365 g/mol. The van der Waals surface area contributed by atoms with Gasteiger partial charge in [-0.2, -0.15) is 0 Å². The minimum absolute atomic E-state index is 0.0248. The van der Waals surface area contributed by atoms with Crippen molar-refractivity contribution in [1.82, 2.24) is 9.47 Å². The summed E-state index contributed by atoms with van der Waals surface area (Å²) in [6.07, 6.45) is 1.59. The largest absolute Gasteiger partial charge is 0.370 e. The zero-order valence-electron chi connectivity index (χ0n) is 14.7. The predicted molar refractivity (Wildman–Crippen MR) is 100 cm³/mol. The number of nitrogens with zero attached hydrogens (tertiary/aromatic N) is 3. The van der Waals surface area contributed by atoms with Gasteiger partial charge in [-0.3, -0.25) is 14.9 Å². The quantitative estimate of drug-likeness (QED) is 0.526. The number of benzene rings is 2. The maximum atomic E-state index is 12.8. The van der Waals surface area contributed by atoms with E-state index in [1.54, 1.807) is 33.9 Å². The smallest absolute Gasteiger partial charge is 0.278 e. The van der Waals surface area contributed by atoms with E-state index in [0.29, 0.717) is 30.6 Å². The number of fused-ring (bicyclic) bond motifs is 1. The van der Waals surface area contributed by atoms with Crippen LogP contribution in [0.25, 0.3) is 10.9 Å².